The Labute approximate surface area is 124 Å². The van der Waals surface area contributed by atoms with Gasteiger partial charge in [-0.25, -0.2) is 24.0 Å². The number of carbonyl (C=O) groups excluding carboxylic acids is 1. The van der Waals surface area contributed by atoms with E-state index < -0.39 is 10.0 Å². The minimum atomic E-state index is -3.77. The van der Waals surface area contributed by atoms with Crippen LogP contribution >= 0.6 is 0 Å². The van der Waals surface area contributed by atoms with Crippen LogP contribution in [0.1, 0.15) is 26.7 Å². The van der Waals surface area contributed by atoms with Crippen LogP contribution in [0.25, 0.3) is 0 Å². The number of aromatic nitrogens is 1. The van der Waals surface area contributed by atoms with Crippen molar-refractivity contribution >= 4 is 21.7 Å². The normalized spacial score (nSPS) is 12.7. The van der Waals surface area contributed by atoms with Crippen LogP contribution in [0.4, 0.5) is 5.82 Å². The molecule has 0 aliphatic carbocycles. The average Bonchev–Trinajstić information content (AvgIpc) is 2.46. The number of sulfonamides is 1. The zero-order valence-corrected chi connectivity index (χ0v) is 12.9. The maximum atomic E-state index is 12.1. The first-order valence-corrected chi connectivity index (χ1v) is 8.09. The maximum absolute atomic E-state index is 12.1. The third-order valence-electron chi connectivity index (χ3n) is 2.86. The van der Waals surface area contributed by atoms with Gasteiger partial charge >= 0.3 is 0 Å². The molecule has 1 amide bonds. The van der Waals surface area contributed by atoms with Gasteiger partial charge in [0.05, 0.1) is 0 Å². The molecular formula is C12H21N5O3S. The Hall–Kier alpha value is -1.71. The molecule has 1 aromatic rings. The molecule has 8 nitrogen and oxygen atoms in total. The second-order valence-corrected chi connectivity index (χ2v) is 6.25. The zero-order valence-electron chi connectivity index (χ0n) is 12.1. The van der Waals surface area contributed by atoms with Crippen molar-refractivity contribution in [2.24, 2.45) is 5.84 Å². The third-order valence-corrected chi connectivity index (χ3v) is 4.35. The van der Waals surface area contributed by atoms with Gasteiger partial charge in [-0.15, -0.1) is 0 Å². The summed E-state index contributed by atoms with van der Waals surface area (Å²) in [4.78, 5) is 15.3. The monoisotopic (exact) mass is 315 g/mol. The van der Waals surface area contributed by atoms with Gasteiger partial charge < -0.3 is 10.7 Å². The fourth-order valence-corrected chi connectivity index (χ4v) is 2.69. The van der Waals surface area contributed by atoms with Crippen molar-refractivity contribution in [3.8, 4) is 0 Å². The van der Waals surface area contributed by atoms with E-state index in [0.717, 1.165) is 6.42 Å². The lowest BCUT2D eigenvalue weighted by Gasteiger charge is -2.12. The summed E-state index contributed by atoms with van der Waals surface area (Å²) in [5.74, 6) is 5.08. The molecule has 1 heterocycles. The second kappa shape index (κ2) is 7.91. The van der Waals surface area contributed by atoms with Gasteiger partial charge in [0, 0.05) is 25.2 Å². The molecule has 1 unspecified atom stereocenters. The van der Waals surface area contributed by atoms with Gasteiger partial charge in [-0.2, -0.15) is 0 Å². The molecule has 0 radical (unpaired) electrons. The van der Waals surface area contributed by atoms with E-state index in [2.05, 4.69) is 20.4 Å². The number of rotatable bonds is 8. The number of nitrogens with two attached hydrogens (primary N) is 1. The summed E-state index contributed by atoms with van der Waals surface area (Å²) in [6, 6.07) is 2.94. The number of nitrogen functional groups attached to an aromatic ring is 1. The van der Waals surface area contributed by atoms with Gasteiger partial charge in [-0.05, 0) is 25.5 Å². The van der Waals surface area contributed by atoms with Gasteiger partial charge in [-0.1, -0.05) is 6.92 Å². The van der Waals surface area contributed by atoms with Crippen molar-refractivity contribution in [3.05, 3.63) is 18.3 Å². The van der Waals surface area contributed by atoms with E-state index in [4.69, 9.17) is 5.84 Å². The summed E-state index contributed by atoms with van der Waals surface area (Å²) in [5, 5.41) is 2.76. The molecule has 1 aromatic heterocycles. The Morgan fingerprint density at radius 1 is 1.48 bits per heavy atom. The van der Waals surface area contributed by atoms with Crippen LogP contribution < -0.4 is 21.3 Å². The average molecular weight is 315 g/mol. The van der Waals surface area contributed by atoms with Crippen molar-refractivity contribution in [3.63, 3.8) is 0 Å². The van der Waals surface area contributed by atoms with Crippen LogP contribution in [0.3, 0.4) is 0 Å². The molecule has 0 fully saturated rings. The Balaban J connectivity index is 2.60. The van der Waals surface area contributed by atoms with Crippen molar-refractivity contribution in [2.75, 3.05) is 12.0 Å². The highest BCUT2D eigenvalue weighted by atomic mass is 32.2. The summed E-state index contributed by atoms with van der Waals surface area (Å²) < 4.78 is 26.5. The lowest BCUT2D eigenvalue weighted by atomic mass is 10.2. The predicted molar refractivity (Wildman–Crippen MR) is 79.7 cm³/mol. The van der Waals surface area contributed by atoms with Crippen molar-refractivity contribution < 1.29 is 13.2 Å². The molecule has 0 aromatic carbocycles. The van der Waals surface area contributed by atoms with Gasteiger partial charge in [-0.3, -0.25) is 4.79 Å². The van der Waals surface area contributed by atoms with Crippen molar-refractivity contribution in [1.29, 1.82) is 0 Å². The number of anilines is 1. The van der Waals surface area contributed by atoms with Crippen molar-refractivity contribution in [2.45, 2.75) is 37.6 Å². The van der Waals surface area contributed by atoms with Gasteiger partial charge in [0.1, 0.15) is 4.90 Å². The van der Waals surface area contributed by atoms with Gasteiger partial charge in [0.25, 0.3) is 0 Å². The number of amides is 1. The standard InChI is InChI=1S/C12H21N5O3S/c1-3-9(2)16-11(18)6-8-15-21(19,20)10-5-4-7-14-12(10)17-13/h4-5,7,9,15H,3,6,8,13H2,1-2H3,(H,14,17)(H,16,18). The first-order chi connectivity index (χ1) is 9.90. The summed E-state index contributed by atoms with van der Waals surface area (Å²) in [7, 11) is -3.77. The Morgan fingerprint density at radius 2 is 2.19 bits per heavy atom. The SMILES string of the molecule is CCC(C)NC(=O)CCNS(=O)(=O)c1cccnc1NN. The molecule has 1 atom stereocenters. The van der Waals surface area contributed by atoms with Crippen LogP contribution in [0.2, 0.25) is 0 Å². The van der Waals surface area contributed by atoms with E-state index in [0.29, 0.717) is 0 Å². The molecule has 0 saturated carbocycles. The van der Waals surface area contributed by atoms with Crippen molar-refractivity contribution in [1.82, 2.24) is 15.0 Å². The number of carbonyl (C=O) groups is 1. The Kier molecular flexibility index (Phi) is 6.53. The third kappa shape index (κ3) is 5.29. The molecule has 0 aliphatic rings. The topological polar surface area (TPSA) is 126 Å². The lowest BCUT2D eigenvalue weighted by molar-refractivity contribution is -0.121. The van der Waals surface area contributed by atoms with E-state index in [-0.39, 0.29) is 35.6 Å². The predicted octanol–water partition coefficient (Wildman–Crippen LogP) is -0.0497. The van der Waals surface area contributed by atoms with E-state index in [1.165, 1.54) is 18.3 Å². The summed E-state index contributed by atoms with van der Waals surface area (Å²) in [6.07, 6.45) is 2.31. The Bertz CT molecular complexity index is 576. The highest BCUT2D eigenvalue weighted by Crippen LogP contribution is 2.16. The summed E-state index contributed by atoms with van der Waals surface area (Å²) in [5.41, 5.74) is 2.23. The fourth-order valence-electron chi connectivity index (χ4n) is 1.54. The first-order valence-electron chi connectivity index (χ1n) is 6.61. The van der Waals surface area contributed by atoms with Crippen LogP contribution in [0.5, 0.6) is 0 Å². The summed E-state index contributed by atoms with van der Waals surface area (Å²) >= 11 is 0. The molecule has 9 heteroatoms. The molecule has 0 bridgehead atoms. The van der Waals surface area contributed by atoms with Crippen LogP contribution in [-0.2, 0) is 14.8 Å². The van der Waals surface area contributed by atoms with E-state index in [1.807, 2.05) is 13.8 Å². The number of hydrazine groups is 1. The first kappa shape index (κ1) is 17.3. The number of hydrogen-bond donors (Lipinski definition) is 4. The number of nitrogens with one attached hydrogen (secondary N) is 3. The second-order valence-electron chi connectivity index (χ2n) is 4.52. The van der Waals surface area contributed by atoms with Gasteiger partial charge in [0.15, 0.2) is 5.82 Å². The molecule has 118 valence electrons. The zero-order chi connectivity index (χ0) is 15.9. The minimum Gasteiger partial charge on any atom is -0.354 e. The fraction of sp³-hybridized carbons (Fsp3) is 0.500. The molecule has 0 spiro atoms. The lowest BCUT2D eigenvalue weighted by Crippen LogP contribution is -2.35. The largest absolute Gasteiger partial charge is 0.354 e. The highest BCUT2D eigenvalue weighted by Gasteiger charge is 2.19. The molecule has 1 rings (SSSR count). The smallest absolute Gasteiger partial charge is 0.244 e. The summed E-state index contributed by atoms with van der Waals surface area (Å²) in [6.45, 7) is 3.85. The van der Waals surface area contributed by atoms with Crippen LogP contribution in [0, 0.1) is 0 Å². The molecule has 0 aliphatic heterocycles. The van der Waals surface area contributed by atoms with E-state index >= 15 is 0 Å². The quantitative estimate of drug-likeness (QED) is 0.393. The van der Waals surface area contributed by atoms with Crippen LogP contribution in [0.15, 0.2) is 23.2 Å². The van der Waals surface area contributed by atoms with Crippen LogP contribution in [-0.4, -0.2) is 31.9 Å². The number of pyridine rings is 1. The highest BCUT2D eigenvalue weighted by molar-refractivity contribution is 7.89. The van der Waals surface area contributed by atoms with E-state index in [9.17, 15) is 13.2 Å². The molecule has 5 N–H and O–H groups in total. The molecular weight excluding hydrogens is 294 g/mol. The number of hydrogen-bond acceptors (Lipinski definition) is 6. The maximum Gasteiger partial charge on any atom is 0.244 e. The van der Waals surface area contributed by atoms with E-state index in [1.54, 1.807) is 0 Å². The minimum absolute atomic E-state index is 0.00348. The molecule has 21 heavy (non-hydrogen) atoms. The Morgan fingerprint density at radius 3 is 2.81 bits per heavy atom. The number of nitrogens with zero attached hydrogens (tertiary/aromatic N) is 1. The molecule has 0 saturated heterocycles. The van der Waals surface area contributed by atoms with Gasteiger partial charge in [0.2, 0.25) is 15.9 Å².